The number of halogens is 1. The number of ether oxygens (including phenoxy) is 2. The summed E-state index contributed by atoms with van der Waals surface area (Å²) in [5, 5.41) is 0. The van der Waals surface area contributed by atoms with E-state index in [1.165, 1.54) is 12.1 Å². The SMILES string of the molecule is CN(C)Cc1cc(F)cc(OC2CCCCN2C(=O)OC(C)(C)C)c1. The second kappa shape index (κ2) is 8.04. The molecule has 6 heteroatoms. The first-order valence-corrected chi connectivity index (χ1v) is 8.74. The van der Waals surface area contributed by atoms with Crippen molar-refractivity contribution in [3.05, 3.63) is 29.6 Å². The van der Waals surface area contributed by atoms with Gasteiger partial charge in [0.2, 0.25) is 0 Å². The van der Waals surface area contributed by atoms with Crippen LogP contribution in [0.4, 0.5) is 9.18 Å². The van der Waals surface area contributed by atoms with Crippen LogP contribution >= 0.6 is 0 Å². The van der Waals surface area contributed by atoms with E-state index in [-0.39, 0.29) is 11.9 Å². The van der Waals surface area contributed by atoms with Crippen molar-refractivity contribution in [2.45, 2.75) is 58.4 Å². The van der Waals surface area contributed by atoms with Crippen LogP contribution in [0.5, 0.6) is 5.75 Å². The molecule has 1 aliphatic rings. The van der Waals surface area contributed by atoms with E-state index in [0.717, 1.165) is 18.4 Å². The summed E-state index contributed by atoms with van der Waals surface area (Å²) in [5.41, 5.74) is 0.274. The largest absolute Gasteiger partial charge is 0.470 e. The number of carbonyl (C=O) groups excluding carboxylic acids is 1. The molecule has 1 aliphatic heterocycles. The van der Waals surface area contributed by atoms with Gasteiger partial charge in [-0.3, -0.25) is 4.90 Å². The fourth-order valence-electron chi connectivity index (χ4n) is 2.86. The number of piperidine rings is 1. The Kier molecular flexibility index (Phi) is 6.27. The number of likely N-dealkylation sites (tertiary alicyclic amines) is 1. The van der Waals surface area contributed by atoms with Crippen molar-refractivity contribution < 1.29 is 18.7 Å². The molecule has 1 amide bonds. The molecule has 5 nitrogen and oxygen atoms in total. The smallest absolute Gasteiger partial charge is 0.413 e. The fourth-order valence-corrected chi connectivity index (χ4v) is 2.86. The lowest BCUT2D eigenvalue weighted by molar-refractivity contribution is -0.0342. The van der Waals surface area contributed by atoms with Gasteiger partial charge >= 0.3 is 6.09 Å². The average Bonchev–Trinajstić information content (AvgIpc) is 2.44. The predicted molar refractivity (Wildman–Crippen MR) is 95.0 cm³/mol. The highest BCUT2D eigenvalue weighted by Crippen LogP contribution is 2.25. The quantitative estimate of drug-likeness (QED) is 0.821. The zero-order chi connectivity index (χ0) is 18.6. The number of amides is 1. The first kappa shape index (κ1) is 19.5. The van der Waals surface area contributed by atoms with Gasteiger partial charge in [-0.25, -0.2) is 9.18 Å². The summed E-state index contributed by atoms with van der Waals surface area (Å²) in [7, 11) is 3.85. The third-order valence-corrected chi connectivity index (χ3v) is 3.78. The molecule has 1 unspecified atom stereocenters. The van der Waals surface area contributed by atoms with Gasteiger partial charge in [0.1, 0.15) is 17.2 Å². The molecule has 0 bridgehead atoms. The van der Waals surface area contributed by atoms with Crippen molar-refractivity contribution in [2.75, 3.05) is 20.6 Å². The van der Waals surface area contributed by atoms with Crippen LogP contribution in [0, 0.1) is 5.82 Å². The van der Waals surface area contributed by atoms with Gasteiger partial charge in [-0.1, -0.05) is 0 Å². The zero-order valence-corrected chi connectivity index (χ0v) is 15.8. The van der Waals surface area contributed by atoms with Gasteiger partial charge in [-0.15, -0.1) is 0 Å². The number of benzene rings is 1. The van der Waals surface area contributed by atoms with Gasteiger partial charge in [0.05, 0.1) is 0 Å². The van der Waals surface area contributed by atoms with E-state index < -0.39 is 11.8 Å². The molecule has 1 aromatic carbocycles. The van der Waals surface area contributed by atoms with Crippen LogP contribution in [-0.4, -0.2) is 48.4 Å². The van der Waals surface area contributed by atoms with Crippen molar-refractivity contribution >= 4 is 6.09 Å². The van der Waals surface area contributed by atoms with Crippen molar-refractivity contribution in [3.8, 4) is 5.75 Å². The van der Waals surface area contributed by atoms with Gasteiger partial charge in [-0.2, -0.15) is 0 Å². The zero-order valence-electron chi connectivity index (χ0n) is 15.8. The minimum atomic E-state index is -0.559. The molecule has 0 radical (unpaired) electrons. The molecule has 1 heterocycles. The first-order chi connectivity index (χ1) is 11.6. The molecule has 1 aromatic rings. The van der Waals surface area contributed by atoms with Crippen LogP contribution in [0.1, 0.15) is 45.6 Å². The number of rotatable bonds is 4. The lowest BCUT2D eigenvalue weighted by Gasteiger charge is -2.36. The van der Waals surface area contributed by atoms with E-state index in [4.69, 9.17) is 9.47 Å². The van der Waals surface area contributed by atoms with E-state index in [9.17, 15) is 9.18 Å². The molecule has 2 rings (SSSR count). The summed E-state index contributed by atoms with van der Waals surface area (Å²) in [5.74, 6) is 0.103. The van der Waals surface area contributed by atoms with Gasteiger partial charge in [0.25, 0.3) is 0 Å². The van der Waals surface area contributed by atoms with Gasteiger partial charge in [-0.05, 0) is 65.4 Å². The van der Waals surface area contributed by atoms with Crippen LogP contribution < -0.4 is 4.74 Å². The third kappa shape index (κ3) is 6.20. The molecular formula is C19H29FN2O3. The molecule has 1 atom stereocenters. The molecule has 0 N–H and O–H groups in total. The monoisotopic (exact) mass is 352 g/mol. The highest BCUT2D eigenvalue weighted by molar-refractivity contribution is 5.68. The van der Waals surface area contributed by atoms with Crippen molar-refractivity contribution in [1.29, 1.82) is 0 Å². The highest BCUT2D eigenvalue weighted by atomic mass is 19.1. The van der Waals surface area contributed by atoms with Gasteiger partial charge in [0.15, 0.2) is 6.23 Å². The number of hydrogen-bond acceptors (Lipinski definition) is 4. The fraction of sp³-hybridized carbons (Fsp3) is 0.632. The maximum absolute atomic E-state index is 13.9. The Bertz CT molecular complexity index is 599. The second-order valence-corrected chi connectivity index (χ2v) is 7.77. The van der Waals surface area contributed by atoms with Crippen LogP contribution in [0.3, 0.4) is 0 Å². The van der Waals surface area contributed by atoms with Crippen LogP contribution in [0.15, 0.2) is 18.2 Å². The van der Waals surface area contributed by atoms with Gasteiger partial charge < -0.3 is 14.4 Å². The molecule has 0 saturated carbocycles. The Morgan fingerprint density at radius 1 is 1.28 bits per heavy atom. The lowest BCUT2D eigenvalue weighted by Crippen LogP contribution is -2.48. The van der Waals surface area contributed by atoms with E-state index in [1.807, 2.05) is 45.8 Å². The molecule has 0 aliphatic carbocycles. The Balaban J connectivity index is 2.13. The Morgan fingerprint density at radius 2 is 2.00 bits per heavy atom. The minimum Gasteiger partial charge on any atom is -0.470 e. The van der Waals surface area contributed by atoms with Gasteiger partial charge in [0, 0.05) is 25.6 Å². The maximum atomic E-state index is 13.9. The average molecular weight is 352 g/mol. The summed E-state index contributed by atoms with van der Waals surface area (Å²) in [6, 6.07) is 4.69. The Morgan fingerprint density at radius 3 is 2.64 bits per heavy atom. The minimum absolute atomic E-state index is 0.339. The number of hydrogen-bond donors (Lipinski definition) is 0. The van der Waals surface area contributed by atoms with E-state index >= 15 is 0 Å². The van der Waals surface area contributed by atoms with Crippen molar-refractivity contribution in [3.63, 3.8) is 0 Å². The standard InChI is InChI=1S/C19H29FN2O3/c1-19(2,3)25-18(23)22-9-7-6-8-17(22)24-16-11-14(13-21(4)5)10-15(20)12-16/h10-12,17H,6-9,13H2,1-5H3. The third-order valence-electron chi connectivity index (χ3n) is 3.78. The normalized spacial score (nSPS) is 18.4. The summed E-state index contributed by atoms with van der Waals surface area (Å²) in [6.07, 6.45) is 1.76. The van der Waals surface area contributed by atoms with Crippen LogP contribution in [0.25, 0.3) is 0 Å². The Labute approximate surface area is 149 Å². The summed E-state index contributed by atoms with van der Waals surface area (Å²) in [6.45, 7) is 6.72. The molecule has 140 valence electrons. The van der Waals surface area contributed by atoms with Crippen molar-refractivity contribution in [2.24, 2.45) is 0 Å². The molecular weight excluding hydrogens is 323 g/mol. The van der Waals surface area contributed by atoms with Crippen molar-refractivity contribution in [1.82, 2.24) is 9.80 Å². The Hall–Kier alpha value is -1.82. The first-order valence-electron chi connectivity index (χ1n) is 8.74. The van der Waals surface area contributed by atoms with E-state index in [1.54, 1.807) is 4.90 Å². The van der Waals surface area contributed by atoms with E-state index in [2.05, 4.69) is 0 Å². The summed E-state index contributed by atoms with van der Waals surface area (Å²) in [4.78, 5) is 16.0. The number of nitrogens with zero attached hydrogens (tertiary/aromatic N) is 2. The molecule has 25 heavy (non-hydrogen) atoms. The number of carbonyl (C=O) groups is 1. The molecule has 1 fully saturated rings. The summed E-state index contributed by atoms with van der Waals surface area (Å²) < 4.78 is 25.4. The van der Waals surface area contributed by atoms with Crippen LogP contribution in [0.2, 0.25) is 0 Å². The second-order valence-electron chi connectivity index (χ2n) is 7.77. The maximum Gasteiger partial charge on any atom is 0.413 e. The topological polar surface area (TPSA) is 42.0 Å². The van der Waals surface area contributed by atoms with E-state index in [0.29, 0.717) is 25.3 Å². The lowest BCUT2D eigenvalue weighted by atomic mass is 10.1. The molecule has 0 aromatic heterocycles. The summed E-state index contributed by atoms with van der Waals surface area (Å²) >= 11 is 0. The predicted octanol–water partition coefficient (Wildman–Crippen LogP) is 4.01. The molecule has 1 saturated heterocycles. The van der Waals surface area contributed by atoms with Crippen LogP contribution in [-0.2, 0) is 11.3 Å². The highest BCUT2D eigenvalue weighted by Gasteiger charge is 2.31. The molecule has 0 spiro atoms.